The first kappa shape index (κ1) is 10.6. The maximum Gasteiger partial charge on any atom is 0.145 e. The van der Waals surface area contributed by atoms with Gasteiger partial charge in [-0.1, -0.05) is 0 Å². The lowest BCUT2D eigenvalue weighted by atomic mass is 10.3. The Balaban J connectivity index is 2.87. The van der Waals surface area contributed by atoms with Gasteiger partial charge in [0.1, 0.15) is 11.5 Å². The Bertz CT molecular complexity index is 514. The molecule has 0 aliphatic rings. The molecular formula is C11H14BrN3. The number of fused-ring (bicyclic) bond motifs is 1. The van der Waals surface area contributed by atoms with Gasteiger partial charge < -0.3 is 4.57 Å². The molecule has 0 atom stereocenters. The summed E-state index contributed by atoms with van der Waals surface area (Å²) >= 11 is 3.56. The molecule has 4 heteroatoms. The van der Waals surface area contributed by atoms with Gasteiger partial charge in [-0.2, -0.15) is 0 Å². The highest BCUT2D eigenvalue weighted by molar-refractivity contribution is 9.10. The zero-order valence-corrected chi connectivity index (χ0v) is 11.0. The summed E-state index contributed by atoms with van der Waals surface area (Å²) in [5, 5.41) is 1.12. The van der Waals surface area contributed by atoms with Crippen molar-refractivity contribution in [3.63, 3.8) is 0 Å². The van der Waals surface area contributed by atoms with Crippen molar-refractivity contribution >= 4 is 27.0 Å². The summed E-state index contributed by atoms with van der Waals surface area (Å²) in [7, 11) is 0. The largest absolute Gasteiger partial charge is 0.329 e. The quantitative estimate of drug-likeness (QED) is 0.793. The van der Waals surface area contributed by atoms with Crippen LogP contribution in [0.2, 0.25) is 0 Å². The molecule has 0 radical (unpaired) electrons. The third-order valence-corrected chi connectivity index (χ3v) is 3.08. The summed E-state index contributed by atoms with van der Waals surface area (Å²) in [6, 6.07) is 0.410. The van der Waals surface area contributed by atoms with Crippen LogP contribution in [-0.4, -0.2) is 14.5 Å². The normalized spacial score (nSPS) is 11.6. The molecule has 80 valence electrons. The molecule has 2 aromatic rings. The lowest BCUT2D eigenvalue weighted by Crippen LogP contribution is -2.01. The summed E-state index contributed by atoms with van der Waals surface area (Å²) < 4.78 is 3.24. The van der Waals surface area contributed by atoms with Gasteiger partial charge in [0.15, 0.2) is 0 Å². The van der Waals surface area contributed by atoms with Crippen molar-refractivity contribution in [3.05, 3.63) is 22.2 Å². The van der Waals surface area contributed by atoms with Gasteiger partial charge in [0.05, 0.1) is 11.1 Å². The van der Waals surface area contributed by atoms with Gasteiger partial charge in [0.25, 0.3) is 0 Å². The molecule has 2 aromatic heterocycles. The van der Waals surface area contributed by atoms with Crippen LogP contribution in [0.3, 0.4) is 0 Å². The molecule has 3 nitrogen and oxygen atoms in total. The van der Waals surface area contributed by atoms with Gasteiger partial charge in [-0.3, -0.25) is 0 Å². The molecule has 0 saturated carbocycles. The highest BCUT2D eigenvalue weighted by Crippen LogP contribution is 2.29. The number of rotatable bonds is 1. The van der Waals surface area contributed by atoms with Crippen molar-refractivity contribution < 1.29 is 0 Å². The molecule has 0 spiro atoms. The molecule has 0 amide bonds. The lowest BCUT2D eigenvalue weighted by Gasteiger charge is -2.08. The maximum atomic E-state index is 4.50. The zero-order chi connectivity index (χ0) is 11.2. The van der Waals surface area contributed by atoms with Gasteiger partial charge in [-0.25, -0.2) is 9.97 Å². The first-order valence-electron chi connectivity index (χ1n) is 5.02. The zero-order valence-electron chi connectivity index (χ0n) is 9.37. The molecule has 0 aromatic carbocycles. The van der Waals surface area contributed by atoms with E-state index in [-0.39, 0.29) is 0 Å². The third-order valence-electron chi connectivity index (χ3n) is 2.47. The second kappa shape index (κ2) is 3.59. The Morgan fingerprint density at radius 1 is 1.27 bits per heavy atom. The van der Waals surface area contributed by atoms with Crippen LogP contribution in [0.1, 0.15) is 31.4 Å². The van der Waals surface area contributed by atoms with Gasteiger partial charge >= 0.3 is 0 Å². The number of nitrogens with zero attached hydrogens (tertiary/aromatic N) is 3. The topological polar surface area (TPSA) is 30.7 Å². The van der Waals surface area contributed by atoms with Gasteiger partial charge in [0, 0.05) is 16.7 Å². The molecular weight excluding hydrogens is 254 g/mol. The molecule has 15 heavy (non-hydrogen) atoms. The average molecular weight is 268 g/mol. The van der Waals surface area contributed by atoms with Gasteiger partial charge in [-0.15, -0.1) is 0 Å². The summed E-state index contributed by atoms with van der Waals surface area (Å²) in [5.41, 5.74) is 2.05. The Hall–Kier alpha value is -0.900. The first-order valence-corrected chi connectivity index (χ1v) is 5.81. The summed E-state index contributed by atoms with van der Waals surface area (Å²) in [4.78, 5) is 8.88. The van der Waals surface area contributed by atoms with Crippen molar-refractivity contribution in [1.82, 2.24) is 14.5 Å². The van der Waals surface area contributed by atoms with Crippen LogP contribution >= 0.6 is 15.9 Å². The van der Waals surface area contributed by atoms with Gasteiger partial charge in [-0.05, 0) is 43.6 Å². The molecule has 0 aliphatic heterocycles. The first-order chi connectivity index (χ1) is 7.00. The Morgan fingerprint density at radius 2 is 1.93 bits per heavy atom. The minimum atomic E-state index is 0.410. The SMILES string of the molecule is Cc1nc(C)c2c(Br)cn(C(C)C)c2n1. The molecule has 0 bridgehead atoms. The van der Waals surface area contributed by atoms with Crippen molar-refractivity contribution in [2.45, 2.75) is 33.7 Å². The summed E-state index contributed by atoms with van der Waals surface area (Å²) in [5.74, 6) is 0.826. The predicted octanol–water partition coefficient (Wildman–Crippen LogP) is 3.39. The van der Waals surface area contributed by atoms with E-state index in [0.717, 1.165) is 27.0 Å². The summed E-state index contributed by atoms with van der Waals surface area (Å²) in [6.45, 7) is 8.25. The van der Waals surface area contributed by atoms with Crippen LogP contribution in [0.5, 0.6) is 0 Å². The Morgan fingerprint density at radius 3 is 2.53 bits per heavy atom. The Kier molecular flexibility index (Phi) is 2.54. The molecule has 0 saturated heterocycles. The van der Waals surface area contributed by atoms with Crippen molar-refractivity contribution in [2.75, 3.05) is 0 Å². The maximum absolute atomic E-state index is 4.50. The molecule has 0 N–H and O–H groups in total. The number of hydrogen-bond donors (Lipinski definition) is 0. The molecule has 0 aliphatic carbocycles. The standard InChI is InChI=1S/C11H14BrN3/c1-6(2)15-5-9(12)10-7(3)13-8(4)14-11(10)15/h5-6H,1-4H3. The van der Waals surface area contributed by atoms with Crippen LogP contribution in [0, 0.1) is 13.8 Å². The van der Waals surface area contributed by atoms with Crippen molar-refractivity contribution in [3.8, 4) is 0 Å². The van der Waals surface area contributed by atoms with E-state index < -0.39 is 0 Å². The highest BCUT2D eigenvalue weighted by atomic mass is 79.9. The van der Waals surface area contributed by atoms with E-state index in [2.05, 4.69) is 50.5 Å². The number of hydrogen-bond acceptors (Lipinski definition) is 2. The molecule has 2 rings (SSSR count). The number of halogens is 1. The second-order valence-corrected chi connectivity index (χ2v) is 4.89. The van der Waals surface area contributed by atoms with Crippen LogP contribution in [0.4, 0.5) is 0 Å². The minimum absolute atomic E-state index is 0.410. The smallest absolute Gasteiger partial charge is 0.145 e. The molecule has 0 unspecified atom stereocenters. The lowest BCUT2D eigenvalue weighted by molar-refractivity contribution is 0.616. The number of aryl methyl sites for hydroxylation is 2. The van der Waals surface area contributed by atoms with E-state index in [4.69, 9.17) is 0 Å². The van der Waals surface area contributed by atoms with E-state index >= 15 is 0 Å². The van der Waals surface area contributed by atoms with Crippen molar-refractivity contribution in [1.29, 1.82) is 0 Å². The fourth-order valence-electron chi connectivity index (χ4n) is 1.80. The fourth-order valence-corrected chi connectivity index (χ4v) is 2.49. The van der Waals surface area contributed by atoms with Crippen LogP contribution in [0.15, 0.2) is 10.7 Å². The Labute approximate surface area is 97.7 Å². The highest BCUT2D eigenvalue weighted by Gasteiger charge is 2.13. The monoisotopic (exact) mass is 267 g/mol. The number of aromatic nitrogens is 3. The molecule has 0 fully saturated rings. The van der Waals surface area contributed by atoms with E-state index in [1.165, 1.54) is 0 Å². The van der Waals surface area contributed by atoms with Gasteiger partial charge in [0.2, 0.25) is 0 Å². The minimum Gasteiger partial charge on any atom is -0.329 e. The van der Waals surface area contributed by atoms with Crippen LogP contribution in [-0.2, 0) is 0 Å². The molecule has 2 heterocycles. The van der Waals surface area contributed by atoms with Crippen LogP contribution < -0.4 is 0 Å². The van der Waals surface area contributed by atoms with E-state index in [1.54, 1.807) is 0 Å². The van der Waals surface area contributed by atoms with Crippen LogP contribution in [0.25, 0.3) is 11.0 Å². The van der Waals surface area contributed by atoms with E-state index in [9.17, 15) is 0 Å². The van der Waals surface area contributed by atoms with E-state index in [0.29, 0.717) is 6.04 Å². The fraction of sp³-hybridized carbons (Fsp3) is 0.455. The third kappa shape index (κ3) is 1.67. The average Bonchev–Trinajstić information content (AvgIpc) is 2.42. The van der Waals surface area contributed by atoms with Crippen molar-refractivity contribution in [2.24, 2.45) is 0 Å². The second-order valence-electron chi connectivity index (χ2n) is 4.03. The van der Waals surface area contributed by atoms with E-state index in [1.807, 2.05) is 13.8 Å². The predicted molar refractivity (Wildman–Crippen MR) is 65.1 cm³/mol. The summed E-state index contributed by atoms with van der Waals surface area (Å²) in [6.07, 6.45) is 2.08.